The van der Waals surface area contributed by atoms with Gasteiger partial charge < -0.3 is 5.32 Å². The minimum Gasteiger partial charge on any atom is -0.374 e. The highest BCUT2D eigenvalue weighted by Gasteiger charge is 2.40. The normalized spacial score (nSPS) is 11.9. The Labute approximate surface area is 116 Å². The van der Waals surface area contributed by atoms with E-state index < -0.39 is 24.5 Å². The van der Waals surface area contributed by atoms with Gasteiger partial charge in [-0.25, -0.2) is 5.43 Å². The van der Waals surface area contributed by atoms with Crippen LogP contribution in [0.3, 0.4) is 0 Å². The van der Waals surface area contributed by atoms with Crippen LogP contribution >= 0.6 is 0 Å². The Morgan fingerprint density at radius 1 is 1.20 bits per heavy atom. The Morgan fingerprint density at radius 2 is 1.75 bits per heavy atom. The predicted octanol–water partition coefficient (Wildman–Crippen LogP) is 2.70. The van der Waals surface area contributed by atoms with Crippen LogP contribution in [0.25, 0.3) is 0 Å². The molecule has 20 heavy (non-hydrogen) atoms. The van der Waals surface area contributed by atoms with Crippen molar-refractivity contribution in [3.8, 4) is 0 Å². The summed E-state index contributed by atoms with van der Waals surface area (Å²) in [5.74, 6) is -0.733. The molecule has 0 fully saturated rings. The lowest BCUT2D eigenvalue weighted by Crippen LogP contribution is -2.43. The van der Waals surface area contributed by atoms with E-state index in [0.29, 0.717) is 5.69 Å². The quantitative estimate of drug-likeness (QED) is 0.731. The molecule has 0 saturated heterocycles. The fourth-order valence-electron chi connectivity index (χ4n) is 1.36. The first kappa shape index (κ1) is 18.2. The third-order valence-electron chi connectivity index (χ3n) is 2.16. The smallest absolute Gasteiger partial charge is 0.374 e. The van der Waals surface area contributed by atoms with E-state index in [-0.39, 0.29) is 0 Å². The number of hydrogen-bond acceptors (Lipinski definition) is 3. The lowest BCUT2D eigenvalue weighted by molar-refractivity contribution is -0.150. The van der Waals surface area contributed by atoms with E-state index in [9.17, 15) is 18.0 Å². The average molecular weight is 291 g/mol. The first-order valence-corrected chi connectivity index (χ1v) is 6.27. The molecule has 0 radical (unpaired) electrons. The maximum atomic E-state index is 12.7. The molecule has 0 aliphatic rings. The van der Waals surface area contributed by atoms with E-state index in [1.165, 1.54) is 19.2 Å². The Hall–Kier alpha value is -1.76. The molecule has 3 N–H and O–H groups in total. The second-order valence-corrected chi connectivity index (χ2v) is 3.61. The SMILES string of the molecule is CC.CNNC(=O)CC(Nc1ccccc1)C(F)(F)F. The Morgan fingerprint density at radius 3 is 2.20 bits per heavy atom. The van der Waals surface area contributed by atoms with Crippen molar-refractivity contribution in [3.05, 3.63) is 30.3 Å². The van der Waals surface area contributed by atoms with Gasteiger partial charge in [0.2, 0.25) is 5.91 Å². The van der Waals surface area contributed by atoms with Crippen molar-refractivity contribution in [2.75, 3.05) is 12.4 Å². The summed E-state index contributed by atoms with van der Waals surface area (Å²) in [6.07, 6.45) is -5.19. The number of hydrogen-bond donors (Lipinski definition) is 3. The Balaban J connectivity index is 0.00000172. The lowest BCUT2D eigenvalue weighted by atomic mass is 10.1. The molecular weight excluding hydrogens is 271 g/mol. The van der Waals surface area contributed by atoms with Crippen molar-refractivity contribution in [3.63, 3.8) is 0 Å². The third kappa shape index (κ3) is 6.98. The summed E-state index contributed by atoms with van der Waals surface area (Å²) in [4.78, 5) is 11.2. The second kappa shape index (κ2) is 9.19. The molecule has 0 spiro atoms. The first-order valence-electron chi connectivity index (χ1n) is 6.27. The number of carbonyl (C=O) groups excluding carboxylic acids is 1. The summed E-state index contributed by atoms with van der Waals surface area (Å²) in [5.41, 5.74) is 4.72. The summed E-state index contributed by atoms with van der Waals surface area (Å²) >= 11 is 0. The van der Waals surface area contributed by atoms with Gasteiger partial charge in [-0.15, -0.1) is 0 Å². The van der Waals surface area contributed by atoms with Crippen LogP contribution < -0.4 is 16.2 Å². The highest BCUT2D eigenvalue weighted by molar-refractivity contribution is 5.76. The number of rotatable bonds is 5. The summed E-state index contributed by atoms with van der Waals surface area (Å²) in [5, 5.41) is 2.29. The first-order chi connectivity index (χ1) is 9.43. The van der Waals surface area contributed by atoms with Gasteiger partial charge in [-0.2, -0.15) is 13.2 Å². The zero-order chi connectivity index (χ0) is 15.6. The summed E-state index contributed by atoms with van der Waals surface area (Å²) in [6, 6.07) is 6.02. The number of hydrazine groups is 1. The van der Waals surface area contributed by atoms with E-state index in [1.807, 2.05) is 13.8 Å². The molecule has 0 saturated carbocycles. The van der Waals surface area contributed by atoms with Gasteiger partial charge in [0.05, 0.1) is 6.42 Å². The lowest BCUT2D eigenvalue weighted by Gasteiger charge is -2.22. The van der Waals surface area contributed by atoms with Crippen LogP contribution in [-0.2, 0) is 4.79 Å². The molecule has 114 valence electrons. The van der Waals surface area contributed by atoms with Crippen LogP contribution in [-0.4, -0.2) is 25.2 Å². The largest absolute Gasteiger partial charge is 0.409 e. The van der Waals surface area contributed by atoms with Gasteiger partial charge in [0.1, 0.15) is 6.04 Å². The standard InChI is InChI=1S/C11H14F3N3O.C2H6/c1-15-17-10(18)7-9(11(12,13)14)16-8-5-3-2-4-6-8;1-2/h2-6,9,15-16H,7H2,1H3,(H,17,18);1-2H3. The van der Waals surface area contributed by atoms with Crippen LogP contribution in [0, 0.1) is 0 Å². The highest BCUT2D eigenvalue weighted by Crippen LogP contribution is 2.25. The number of amides is 1. The van der Waals surface area contributed by atoms with Gasteiger partial charge in [-0.1, -0.05) is 32.0 Å². The number of alkyl halides is 3. The molecule has 0 heterocycles. The molecule has 4 nitrogen and oxygen atoms in total. The van der Waals surface area contributed by atoms with E-state index in [4.69, 9.17) is 0 Å². The van der Waals surface area contributed by atoms with E-state index in [0.717, 1.165) is 0 Å². The maximum absolute atomic E-state index is 12.7. The van der Waals surface area contributed by atoms with Gasteiger partial charge in [-0.05, 0) is 12.1 Å². The monoisotopic (exact) mass is 291 g/mol. The molecule has 0 aromatic heterocycles. The Kier molecular flexibility index (Phi) is 8.38. The van der Waals surface area contributed by atoms with Crippen LogP contribution in [0.2, 0.25) is 0 Å². The minimum atomic E-state index is -4.50. The molecule has 1 rings (SSSR count). The van der Waals surface area contributed by atoms with E-state index in [2.05, 4.69) is 16.2 Å². The topological polar surface area (TPSA) is 53.2 Å². The van der Waals surface area contributed by atoms with Gasteiger partial charge in [-0.3, -0.25) is 10.2 Å². The van der Waals surface area contributed by atoms with Crippen molar-refractivity contribution in [2.45, 2.75) is 32.5 Å². The number of anilines is 1. The van der Waals surface area contributed by atoms with Crippen molar-refractivity contribution in [2.24, 2.45) is 0 Å². The number of nitrogens with one attached hydrogen (secondary N) is 3. The fraction of sp³-hybridized carbons (Fsp3) is 0.462. The van der Waals surface area contributed by atoms with Crippen LogP contribution in [0.5, 0.6) is 0 Å². The summed E-state index contributed by atoms with van der Waals surface area (Å²) in [6.45, 7) is 4.00. The maximum Gasteiger partial charge on any atom is 0.409 e. The zero-order valence-corrected chi connectivity index (χ0v) is 11.7. The predicted molar refractivity (Wildman–Crippen MR) is 73.1 cm³/mol. The molecule has 0 bridgehead atoms. The van der Waals surface area contributed by atoms with Gasteiger partial charge in [0.25, 0.3) is 0 Å². The van der Waals surface area contributed by atoms with Crippen molar-refractivity contribution < 1.29 is 18.0 Å². The minimum absolute atomic E-state index is 0.317. The van der Waals surface area contributed by atoms with Crippen LogP contribution in [0.4, 0.5) is 18.9 Å². The third-order valence-corrected chi connectivity index (χ3v) is 2.16. The molecule has 1 aromatic rings. The van der Waals surface area contributed by atoms with Gasteiger partial charge >= 0.3 is 6.18 Å². The molecule has 1 unspecified atom stereocenters. The van der Waals surface area contributed by atoms with Gasteiger partial charge in [0.15, 0.2) is 0 Å². The molecule has 1 atom stereocenters. The summed E-state index contributed by atoms with van der Waals surface area (Å²) in [7, 11) is 1.41. The fourth-order valence-corrected chi connectivity index (χ4v) is 1.36. The Bertz CT molecular complexity index is 382. The van der Waals surface area contributed by atoms with Gasteiger partial charge in [0, 0.05) is 12.7 Å². The second-order valence-electron chi connectivity index (χ2n) is 3.61. The van der Waals surface area contributed by atoms with Crippen LogP contribution in [0.15, 0.2) is 30.3 Å². The van der Waals surface area contributed by atoms with Crippen molar-refractivity contribution in [1.29, 1.82) is 0 Å². The molecule has 1 aromatic carbocycles. The molecule has 0 aliphatic carbocycles. The summed E-state index contributed by atoms with van der Waals surface area (Å²) < 4.78 is 38.2. The average Bonchev–Trinajstić information content (AvgIpc) is 2.41. The van der Waals surface area contributed by atoms with E-state index in [1.54, 1.807) is 18.2 Å². The van der Waals surface area contributed by atoms with E-state index >= 15 is 0 Å². The molecule has 0 aliphatic heterocycles. The molecule has 1 amide bonds. The molecular formula is C13H20F3N3O. The number of carbonyl (C=O) groups is 1. The highest BCUT2D eigenvalue weighted by atomic mass is 19.4. The molecule has 7 heteroatoms. The number of benzene rings is 1. The van der Waals surface area contributed by atoms with Crippen LogP contribution in [0.1, 0.15) is 20.3 Å². The number of para-hydroxylation sites is 1. The number of halogens is 3. The van der Waals surface area contributed by atoms with Crippen molar-refractivity contribution >= 4 is 11.6 Å². The van der Waals surface area contributed by atoms with Crippen molar-refractivity contribution in [1.82, 2.24) is 10.9 Å². The zero-order valence-electron chi connectivity index (χ0n) is 11.7.